The quantitative estimate of drug-likeness (QED) is 0.350. The molecule has 3 aromatic rings. The average Bonchev–Trinajstić information content (AvgIpc) is 3.55. The van der Waals surface area contributed by atoms with Crippen molar-refractivity contribution in [2.24, 2.45) is 0 Å². The highest BCUT2D eigenvalue weighted by Crippen LogP contribution is 2.41. The van der Waals surface area contributed by atoms with Gasteiger partial charge in [0.05, 0.1) is 11.9 Å². The number of aliphatic hydroxyl groups is 1. The van der Waals surface area contributed by atoms with E-state index in [9.17, 15) is 14.7 Å². The lowest BCUT2D eigenvalue weighted by Crippen LogP contribution is -2.31. The van der Waals surface area contributed by atoms with Crippen molar-refractivity contribution >= 4 is 17.4 Å². The van der Waals surface area contributed by atoms with Crippen molar-refractivity contribution in [1.29, 1.82) is 0 Å². The largest absolute Gasteiger partial charge is 0.507 e. The number of furan rings is 1. The highest BCUT2D eigenvalue weighted by atomic mass is 16.6. The van der Waals surface area contributed by atoms with Crippen LogP contribution in [0.2, 0.25) is 0 Å². The Labute approximate surface area is 189 Å². The molecule has 2 aromatic heterocycles. The number of aryl methyl sites for hydroxylation is 2. The van der Waals surface area contributed by atoms with E-state index in [1.807, 2.05) is 10.8 Å². The summed E-state index contributed by atoms with van der Waals surface area (Å²) < 4.78 is 18.8. The second-order valence-corrected chi connectivity index (χ2v) is 7.95. The Morgan fingerprint density at radius 1 is 1.12 bits per heavy atom. The maximum absolute atomic E-state index is 13.1. The van der Waals surface area contributed by atoms with Crippen molar-refractivity contribution in [2.75, 3.05) is 19.8 Å². The van der Waals surface area contributed by atoms with Gasteiger partial charge in [0, 0.05) is 31.0 Å². The zero-order valence-corrected chi connectivity index (χ0v) is 18.1. The van der Waals surface area contributed by atoms with E-state index in [0.29, 0.717) is 61.3 Å². The minimum absolute atomic E-state index is 0.00587. The van der Waals surface area contributed by atoms with Gasteiger partial charge in [-0.25, -0.2) is 4.98 Å². The van der Waals surface area contributed by atoms with Gasteiger partial charge in [0.2, 0.25) is 0 Å². The molecule has 1 atom stereocenters. The number of aliphatic hydroxyl groups excluding tert-OH is 1. The fourth-order valence-corrected chi connectivity index (χ4v) is 4.20. The number of ether oxygens (including phenoxy) is 2. The minimum Gasteiger partial charge on any atom is -0.507 e. The van der Waals surface area contributed by atoms with Crippen LogP contribution >= 0.6 is 0 Å². The molecule has 0 bridgehead atoms. The zero-order chi connectivity index (χ0) is 22.9. The number of ketones is 1. The molecule has 0 saturated carbocycles. The summed E-state index contributed by atoms with van der Waals surface area (Å²) in [7, 11) is 0. The number of amides is 1. The van der Waals surface area contributed by atoms with Crippen molar-refractivity contribution in [3.8, 4) is 11.5 Å². The Bertz CT molecular complexity index is 1230. The van der Waals surface area contributed by atoms with E-state index in [-0.39, 0.29) is 11.3 Å². The van der Waals surface area contributed by atoms with Gasteiger partial charge in [0.15, 0.2) is 11.5 Å². The van der Waals surface area contributed by atoms with Crippen LogP contribution < -0.4 is 9.47 Å². The van der Waals surface area contributed by atoms with Gasteiger partial charge in [-0.05, 0) is 43.7 Å². The molecule has 2 aliphatic heterocycles. The number of nitrogens with zero attached hydrogens (tertiary/aromatic N) is 3. The van der Waals surface area contributed by atoms with Crippen LogP contribution in [0, 0.1) is 6.92 Å². The Hall–Kier alpha value is -4.01. The molecule has 1 unspecified atom stereocenters. The van der Waals surface area contributed by atoms with E-state index in [1.54, 1.807) is 49.8 Å². The van der Waals surface area contributed by atoms with E-state index < -0.39 is 17.7 Å². The van der Waals surface area contributed by atoms with Crippen molar-refractivity contribution < 1.29 is 28.6 Å². The number of rotatable bonds is 6. The molecule has 1 aromatic carbocycles. The first-order valence-electron chi connectivity index (χ1n) is 10.7. The molecule has 1 N–H and O–H groups in total. The highest BCUT2D eigenvalue weighted by Gasteiger charge is 2.47. The van der Waals surface area contributed by atoms with E-state index in [1.165, 1.54) is 4.90 Å². The third-order valence-electron chi connectivity index (χ3n) is 5.76. The number of imidazole rings is 1. The van der Waals surface area contributed by atoms with E-state index in [4.69, 9.17) is 13.9 Å². The SMILES string of the molecule is Cc1ccc(C2C(=C(O)c3ccc4c(c3)OCCO4)C(=O)C(=O)N2CCCn2ccnc2)o1. The Morgan fingerprint density at radius 3 is 2.67 bits per heavy atom. The predicted molar refractivity (Wildman–Crippen MR) is 117 cm³/mol. The third-order valence-corrected chi connectivity index (χ3v) is 5.76. The van der Waals surface area contributed by atoms with Crippen molar-refractivity contribution in [3.63, 3.8) is 0 Å². The number of Topliss-reactive ketones (excluding diaryl/α,β-unsaturated/α-hetero) is 1. The summed E-state index contributed by atoms with van der Waals surface area (Å²) in [6, 6.07) is 7.60. The summed E-state index contributed by atoms with van der Waals surface area (Å²) in [6.45, 7) is 3.57. The number of benzene rings is 1. The standard InChI is InChI=1S/C24H23N3O6/c1-15-3-5-18(33-15)21-20(22(28)16-4-6-17-19(13-16)32-12-11-31-17)23(29)24(30)27(21)9-2-8-26-10-7-25-14-26/h3-7,10,13-14,21,28H,2,8-9,11-12H2,1H3. The van der Waals surface area contributed by atoms with Crippen LogP contribution in [-0.2, 0) is 16.1 Å². The van der Waals surface area contributed by atoms with Crippen LogP contribution in [0.1, 0.15) is 29.5 Å². The molecular formula is C24H23N3O6. The summed E-state index contributed by atoms with van der Waals surface area (Å²) in [6.07, 6.45) is 5.82. The van der Waals surface area contributed by atoms with Crippen LogP contribution in [0.25, 0.3) is 5.76 Å². The lowest BCUT2D eigenvalue weighted by atomic mass is 9.99. The first-order chi connectivity index (χ1) is 16.0. The maximum Gasteiger partial charge on any atom is 0.295 e. The van der Waals surface area contributed by atoms with Crippen molar-refractivity contribution in [1.82, 2.24) is 14.5 Å². The van der Waals surface area contributed by atoms with Gasteiger partial charge >= 0.3 is 0 Å². The van der Waals surface area contributed by atoms with Gasteiger partial charge in [-0.1, -0.05) is 0 Å². The summed E-state index contributed by atoms with van der Waals surface area (Å²) in [5, 5.41) is 11.2. The highest BCUT2D eigenvalue weighted by molar-refractivity contribution is 6.46. The monoisotopic (exact) mass is 449 g/mol. The molecule has 1 amide bonds. The summed E-state index contributed by atoms with van der Waals surface area (Å²) in [5.41, 5.74) is 0.359. The van der Waals surface area contributed by atoms with Crippen LogP contribution in [0.4, 0.5) is 0 Å². The van der Waals surface area contributed by atoms with Gasteiger partial charge in [-0.15, -0.1) is 0 Å². The number of fused-ring (bicyclic) bond motifs is 1. The van der Waals surface area contributed by atoms with Crippen molar-refractivity contribution in [3.05, 3.63) is 71.7 Å². The van der Waals surface area contributed by atoms with E-state index in [2.05, 4.69) is 4.98 Å². The average molecular weight is 449 g/mol. The lowest BCUT2D eigenvalue weighted by Gasteiger charge is -2.23. The minimum atomic E-state index is -0.824. The van der Waals surface area contributed by atoms with E-state index >= 15 is 0 Å². The van der Waals surface area contributed by atoms with Crippen LogP contribution in [0.15, 0.2) is 59.0 Å². The molecular weight excluding hydrogens is 426 g/mol. The number of hydrogen-bond donors (Lipinski definition) is 1. The molecule has 33 heavy (non-hydrogen) atoms. The molecule has 4 heterocycles. The number of likely N-dealkylation sites (tertiary alicyclic amines) is 1. The van der Waals surface area contributed by atoms with Gasteiger partial charge in [0.1, 0.15) is 36.5 Å². The smallest absolute Gasteiger partial charge is 0.295 e. The fourth-order valence-electron chi connectivity index (χ4n) is 4.20. The van der Waals surface area contributed by atoms with E-state index in [0.717, 1.165) is 0 Å². The molecule has 0 spiro atoms. The first-order valence-corrected chi connectivity index (χ1v) is 10.7. The van der Waals surface area contributed by atoms with Gasteiger partial charge in [0.25, 0.3) is 11.7 Å². The molecule has 9 heteroatoms. The Kier molecular flexibility index (Phi) is 5.37. The summed E-state index contributed by atoms with van der Waals surface area (Å²) >= 11 is 0. The van der Waals surface area contributed by atoms with Gasteiger partial charge in [-0.3, -0.25) is 9.59 Å². The molecule has 170 valence electrons. The normalized spacial score (nSPS) is 19.3. The zero-order valence-electron chi connectivity index (χ0n) is 18.1. The summed E-state index contributed by atoms with van der Waals surface area (Å²) in [4.78, 5) is 31.5. The van der Waals surface area contributed by atoms with Gasteiger partial charge < -0.3 is 28.5 Å². The van der Waals surface area contributed by atoms with Crippen molar-refractivity contribution in [2.45, 2.75) is 25.9 Å². The molecule has 0 radical (unpaired) electrons. The van der Waals surface area contributed by atoms with Crippen LogP contribution in [0.3, 0.4) is 0 Å². The van der Waals surface area contributed by atoms with Gasteiger partial charge in [-0.2, -0.15) is 0 Å². The number of aromatic nitrogens is 2. The number of carbonyl (C=O) groups excluding carboxylic acids is 2. The number of hydrogen-bond acceptors (Lipinski definition) is 7. The topological polar surface area (TPSA) is 107 Å². The molecule has 0 aliphatic carbocycles. The van der Waals surface area contributed by atoms with Crippen LogP contribution in [-0.4, -0.2) is 51.0 Å². The predicted octanol–water partition coefficient (Wildman–Crippen LogP) is 3.07. The second kappa shape index (κ2) is 8.50. The Balaban J connectivity index is 1.51. The lowest BCUT2D eigenvalue weighted by molar-refractivity contribution is -0.140. The Morgan fingerprint density at radius 2 is 1.94 bits per heavy atom. The third kappa shape index (κ3) is 3.86. The second-order valence-electron chi connectivity index (χ2n) is 7.95. The number of carbonyl (C=O) groups is 2. The maximum atomic E-state index is 13.1. The molecule has 5 rings (SSSR count). The summed E-state index contributed by atoms with van der Waals surface area (Å²) in [5.74, 6) is 0.423. The molecule has 1 fully saturated rings. The molecule has 2 aliphatic rings. The molecule has 9 nitrogen and oxygen atoms in total. The fraction of sp³-hybridized carbons (Fsp3) is 0.292. The first kappa shape index (κ1) is 20.9. The molecule has 1 saturated heterocycles. The van der Waals surface area contributed by atoms with Crippen LogP contribution in [0.5, 0.6) is 11.5 Å².